The number of barbiturate groups is 1. The molecule has 2 fully saturated rings. The van der Waals surface area contributed by atoms with Gasteiger partial charge < -0.3 is 14.2 Å². The molecule has 0 bridgehead atoms. The van der Waals surface area contributed by atoms with Gasteiger partial charge in [0.15, 0.2) is 11.0 Å². The van der Waals surface area contributed by atoms with Crippen LogP contribution in [0.5, 0.6) is 0 Å². The Morgan fingerprint density at radius 1 is 1.24 bits per heavy atom. The van der Waals surface area contributed by atoms with Gasteiger partial charge in [0.2, 0.25) is 11.8 Å². The number of morpholine rings is 1. The molecule has 170 valence electrons. The number of benzene rings is 1. The first kappa shape index (κ1) is 20.6. The van der Waals surface area contributed by atoms with Crippen molar-refractivity contribution in [1.82, 2.24) is 20.8 Å². The summed E-state index contributed by atoms with van der Waals surface area (Å²) in [7, 11) is 0. The summed E-state index contributed by atoms with van der Waals surface area (Å²) >= 11 is 8.30. The van der Waals surface area contributed by atoms with Crippen LogP contribution in [0.4, 0.5) is 10.5 Å². The van der Waals surface area contributed by atoms with Crippen molar-refractivity contribution < 1.29 is 23.6 Å². The summed E-state index contributed by atoms with van der Waals surface area (Å²) in [5.74, 6) is -1.30. The Balaban J connectivity index is 1.61. The first-order valence-electron chi connectivity index (χ1n) is 10.4. The number of rotatable bonds is 1. The van der Waals surface area contributed by atoms with E-state index in [0.717, 1.165) is 0 Å². The van der Waals surface area contributed by atoms with Crippen molar-refractivity contribution in [2.75, 3.05) is 11.4 Å². The first-order valence-corrected chi connectivity index (χ1v) is 11.7. The lowest BCUT2D eigenvalue weighted by molar-refractivity contribution is -0.153. The maximum absolute atomic E-state index is 13.3. The average molecular weight is 488 g/mol. The molecule has 0 radical (unpaired) electrons. The molecular formula is C21H18ClN5O5S. The van der Waals surface area contributed by atoms with E-state index in [1.165, 1.54) is 11.3 Å². The van der Waals surface area contributed by atoms with Crippen LogP contribution in [0.1, 0.15) is 19.4 Å². The van der Waals surface area contributed by atoms with E-state index in [2.05, 4.69) is 20.8 Å². The summed E-state index contributed by atoms with van der Waals surface area (Å²) in [5, 5.41) is 12.3. The summed E-state index contributed by atoms with van der Waals surface area (Å²) in [6.07, 6.45) is 1.04. The second kappa shape index (κ2) is 6.99. The predicted molar refractivity (Wildman–Crippen MR) is 119 cm³/mol. The van der Waals surface area contributed by atoms with E-state index < -0.39 is 35.4 Å². The number of carbonyl (C=O) groups excluding carboxylic acids is 3. The molecule has 6 rings (SSSR count). The molecular weight excluding hydrogens is 470 g/mol. The standard InChI is InChI=1S/C21H18ClN5O5S/c1-8-7-27-14-10(5-11-13(17-23-3-4-33-17)26-32-15(11)12(14)22)6-21(16(27)9(2)31-8)18(28)24-20(30)25-19(21)29/h3-5,8-9,16H,6-7H2,1-2H3,(H2,24,25,28,29,30)/t8-,9+,16-/m1/s1. The Morgan fingerprint density at radius 2 is 2.00 bits per heavy atom. The van der Waals surface area contributed by atoms with Gasteiger partial charge >= 0.3 is 6.03 Å². The summed E-state index contributed by atoms with van der Waals surface area (Å²) < 4.78 is 11.6. The summed E-state index contributed by atoms with van der Waals surface area (Å²) in [5.41, 5.74) is 0.745. The van der Waals surface area contributed by atoms with Gasteiger partial charge in [-0.3, -0.25) is 20.2 Å². The third-order valence-corrected chi connectivity index (χ3v) is 7.73. The third-order valence-electron chi connectivity index (χ3n) is 6.60. The minimum Gasteiger partial charge on any atom is -0.372 e. The van der Waals surface area contributed by atoms with Crippen LogP contribution >= 0.6 is 22.9 Å². The van der Waals surface area contributed by atoms with Gasteiger partial charge in [-0.15, -0.1) is 11.3 Å². The molecule has 4 amide bonds. The molecule has 0 saturated carbocycles. The average Bonchev–Trinajstić information content (AvgIpc) is 3.41. The number of halogens is 1. The number of thiazole rings is 1. The van der Waals surface area contributed by atoms with Crippen molar-refractivity contribution in [2.45, 2.75) is 38.5 Å². The number of hydrogen-bond acceptors (Lipinski definition) is 9. The molecule has 2 aromatic heterocycles. The normalized spacial score (nSPS) is 26.2. The molecule has 3 atom stereocenters. The molecule has 0 aliphatic carbocycles. The van der Waals surface area contributed by atoms with Crippen molar-refractivity contribution >= 4 is 57.4 Å². The number of aromatic nitrogens is 2. The number of hydrogen-bond donors (Lipinski definition) is 2. The van der Waals surface area contributed by atoms with Gasteiger partial charge in [0, 0.05) is 18.1 Å². The van der Waals surface area contributed by atoms with E-state index in [0.29, 0.717) is 44.5 Å². The number of imide groups is 2. The number of urea groups is 1. The van der Waals surface area contributed by atoms with E-state index in [9.17, 15) is 14.4 Å². The van der Waals surface area contributed by atoms with Crippen LogP contribution in [0.15, 0.2) is 22.2 Å². The molecule has 3 aliphatic rings. The number of amides is 4. The lowest BCUT2D eigenvalue weighted by atomic mass is 9.66. The Kier molecular flexibility index (Phi) is 4.36. The molecule has 5 heterocycles. The predicted octanol–water partition coefficient (Wildman–Crippen LogP) is 2.50. The van der Waals surface area contributed by atoms with Gasteiger partial charge in [0.25, 0.3) is 0 Å². The number of nitrogens with zero attached hydrogens (tertiary/aromatic N) is 3. The van der Waals surface area contributed by atoms with Crippen LogP contribution in [0.2, 0.25) is 5.02 Å². The Bertz CT molecular complexity index is 1320. The van der Waals surface area contributed by atoms with Gasteiger partial charge in [0.05, 0.1) is 29.3 Å². The molecule has 3 aliphatic heterocycles. The number of ether oxygens (including phenoxy) is 1. The highest BCUT2D eigenvalue weighted by molar-refractivity contribution is 7.13. The fourth-order valence-electron chi connectivity index (χ4n) is 5.44. The Labute approximate surface area is 196 Å². The van der Waals surface area contributed by atoms with Crippen LogP contribution in [0.3, 0.4) is 0 Å². The first-order chi connectivity index (χ1) is 15.8. The smallest absolute Gasteiger partial charge is 0.328 e. The van der Waals surface area contributed by atoms with Crippen molar-refractivity contribution in [1.29, 1.82) is 0 Å². The quantitative estimate of drug-likeness (QED) is 0.501. The number of carbonyl (C=O) groups is 3. The van der Waals surface area contributed by atoms with Crippen molar-refractivity contribution in [2.24, 2.45) is 5.41 Å². The highest BCUT2D eigenvalue weighted by Gasteiger charge is 2.63. The minimum absolute atomic E-state index is 0.0364. The largest absolute Gasteiger partial charge is 0.372 e. The van der Waals surface area contributed by atoms with Gasteiger partial charge in [-0.25, -0.2) is 9.78 Å². The SMILES string of the molecule is C[C@@H]1CN2c3c(cc4c(-c5nccs5)noc4c3Cl)CC3(C(=O)NC(=O)NC3=O)[C@H]2[C@H](C)O1. The number of anilines is 1. The minimum atomic E-state index is -1.57. The van der Waals surface area contributed by atoms with E-state index in [1.807, 2.05) is 30.2 Å². The van der Waals surface area contributed by atoms with Crippen molar-refractivity contribution in [3.05, 3.63) is 28.2 Å². The van der Waals surface area contributed by atoms with E-state index >= 15 is 0 Å². The molecule has 3 aromatic rings. The highest BCUT2D eigenvalue weighted by atomic mass is 35.5. The molecule has 12 heteroatoms. The second-order valence-corrected chi connectivity index (χ2v) is 9.85. The van der Waals surface area contributed by atoms with E-state index in [4.69, 9.17) is 20.9 Å². The molecule has 0 unspecified atom stereocenters. The molecule has 2 saturated heterocycles. The number of nitrogens with one attached hydrogen (secondary N) is 2. The highest BCUT2D eigenvalue weighted by Crippen LogP contribution is 2.51. The Morgan fingerprint density at radius 3 is 2.70 bits per heavy atom. The summed E-state index contributed by atoms with van der Waals surface area (Å²) in [6, 6.07) is 0.346. The Hall–Kier alpha value is -3.02. The molecule has 10 nitrogen and oxygen atoms in total. The van der Waals surface area contributed by atoms with E-state index in [-0.39, 0.29) is 12.5 Å². The zero-order chi connectivity index (χ0) is 23.1. The molecule has 1 spiro atoms. The maximum atomic E-state index is 13.3. The summed E-state index contributed by atoms with van der Waals surface area (Å²) in [6.45, 7) is 4.13. The van der Waals surface area contributed by atoms with Crippen molar-refractivity contribution in [3.63, 3.8) is 0 Å². The maximum Gasteiger partial charge on any atom is 0.328 e. The zero-order valence-electron chi connectivity index (χ0n) is 17.5. The van der Waals surface area contributed by atoms with E-state index in [1.54, 1.807) is 6.20 Å². The van der Waals surface area contributed by atoms with Crippen LogP contribution in [0, 0.1) is 5.41 Å². The lowest BCUT2D eigenvalue weighted by Gasteiger charge is -2.55. The van der Waals surface area contributed by atoms with Crippen molar-refractivity contribution in [3.8, 4) is 10.7 Å². The fourth-order valence-corrected chi connectivity index (χ4v) is 6.44. The monoisotopic (exact) mass is 487 g/mol. The number of fused-ring (bicyclic) bond motifs is 5. The topological polar surface area (TPSA) is 127 Å². The van der Waals surface area contributed by atoms with Crippen LogP contribution in [-0.2, 0) is 20.7 Å². The van der Waals surface area contributed by atoms with Gasteiger partial charge in [0.1, 0.15) is 15.7 Å². The van der Waals surface area contributed by atoms with Crippen LogP contribution < -0.4 is 15.5 Å². The van der Waals surface area contributed by atoms with Crippen LogP contribution in [0.25, 0.3) is 21.7 Å². The lowest BCUT2D eigenvalue weighted by Crippen LogP contribution is -2.75. The molecule has 33 heavy (non-hydrogen) atoms. The third kappa shape index (κ3) is 2.73. The zero-order valence-corrected chi connectivity index (χ0v) is 19.1. The molecule has 1 aromatic carbocycles. The van der Waals surface area contributed by atoms with Gasteiger partial charge in [-0.2, -0.15) is 0 Å². The summed E-state index contributed by atoms with van der Waals surface area (Å²) in [4.78, 5) is 44.7. The van der Waals surface area contributed by atoms with Gasteiger partial charge in [-0.05, 0) is 31.9 Å². The van der Waals surface area contributed by atoms with Gasteiger partial charge in [-0.1, -0.05) is 16.8 Å². The second-order valence-electron chi connectivity index (χ2n) is 8.58. The fraction of sp³-hybridized carbons (Fsp3) is 0.381. The van der Waals surface area contributed by atoms with Crippen LogP contribution in [-0.4, -0.2) is 52.8 Å². The molecule has 2 N–H and O–H groups in total.